The van der Waals surface area contributed by atoms with Crippen molar-refractivity contribution in [3.8, 4) is 0 Å². The van der Waals surface area contributed by atoms with E-state index in [9.17, 15) is 0 Å². The van der Waals surface area contributed by atoms with Crippen molar-refractivity contribution < 1.29 is 4.74 Å². The van der Waals surface area contributed by atoms with E-state index >= 15 is 0 Å². The van der Waals surface area contributed by atoms with Crippen LogP contribution in [0, 0.1) is 11.3 Å². The van der Waals surface area contributed by atoms with Crippen molar-refractivity contribution in [2.75, 3.05) is 32.8 Å². The maximum absolute atomic E-state index is 5.93. The van der Waals surface area contributed by atoms with Crippen LogP contribution >= 0.6 is 0 Å². The van der Waals surface area contributed by atoms with Gasteiger partial charge in [0.15, 0.2) is 0 Å². The van der Waals surface area contributed by atoms with Crippen LogP contribution in [0.2, 0.25) is 0 Å². The molecule has 1 saturated heterocycles. The molecule has 0 bridgehead atoms. The van der Waals surface area contributed by atoms with E-state index in [1.165, 1.54) is 64.7 Å². The van der Waals surface area contributed by atoms with E-state index in [1.807, 2.05) is 0 Å². The molecule has 3 unspecified atom stereocenters. The second kappa shape index (κ2) is 6.33. The van der Waals surface area contributed by atoms with E-state index in [0.717, 1.165) is 18.6 Å². The van der Waals surface area contributed by atoms with Crippen LogP contribution in [0.4, 0.5) is 0 Å². The molecule has 3 nitrogen and oxygen atoms in total. The molecule has 1 aliphatic heterocycles. The van der Waals surface area contributed by atoms with Crippen molar-refractivity contribution in [1.29, 1.82) is 0 Å². The summed E-state index contributed by atoms with van der Waals surface area (Å²) < 4.78 is 5.93. The van der Waals surface area contributed by atoms with Gasteiger partial charge in [0.25, 0.3) is 0 Å². The van der Waals surface area contributed by atoms with Gasteiger partial charge in [-0.3, -0.25) is 0 Å². The molecule has 1 N–H and O–H groups in total. The lowest BCUT2D eigenvalue weighted by atomic mass is 9.51. The lowest BCUT2D eigenvalue weighted by molar-refractivity contribution is -0.173. The largest absolute Gasteiger partial charge is 0.378 e. The van der Waals surface area contributed by atoms with E-state index in [-0.39, 0.29) is 0 Å². The fraction of sp³-hybridized carbons (Fsp3) is 1.00. The first-order valence-corrected chi connectivity index (χ1v) is 8.82. The van der Waals surface area contributed by atoms with Gasteiger partial charge in [-0.15, -0.1) is 0 Å². The lowest BCUT2D eigenvalue weighted by Gasteiger charge is -2.61. The molecule has 3 atom stereocenters. The Hall–Kier alpha value is -0.120. The van der Waals surface area contributed by atoms with Gasteiger partial charge in [0.2, 0.25) is 0 Å². The quantitative estimate of drug-likeness (QED) is 0.776. The van der Waals surface area contributed by atoms with Gasteiger partial charge in [-0.1, -0.05) is 13.3 Å². The fourth-order valence-corrected chi connectivity index (χ4v) is 4.54. The molecule has 0 aromatic heterocycles. The van der Waals surface area contributed by atoms with Crippen LogP contribution < -0.4 is 5.32 Å². The lowest BCUT2D eigenvalue weighted by Crippen LogP contribution is -2.67. The number of hydrogen-bond acceptors (Lipinski definition) is 3. The van der Waals surface area contributed by atoms with Gasteiger partial charge in [-0.05, 0) is 64.6 Å². The molecule has 0 amide bonds. The Morgan fingerprint density at radius 3 is 2.60 bits per heavy atom. The summed E-state index contributed by atoms with van der Waals surface area (Å²) in [4.78, 5) is 2.63. The predicted octanol–water partition coefficient (Wildman–Crippen LogP) is 2.66. The van der Waals surface area contributed by atoms with Gasteiger partial charge < -0.3 is 15.0 Å². The minimum Gasteiger partial charge on any atom is -0.378 e. The number of hydrogen-bond donors (Lipinski definition) is 1. The molecular formula is C17H32N2O. The number of nitrogens with one attached hydrogen (secondary N) is 1. The third-order valence-electron chi connectivity index (χ3n) is 5.92. The Bertz CT molecular complexity index is 310. The molecule has 116 valence electrons. The first kappa shape index (κ1) is 14.8. The monoisotopic (exact) mass is 280 g/mol. The number of nitrogens with zero attached hydrogens (tertiary/aromatic N) is 1. The van der Waals surface area contributed by atoms with Crippen LogP contribution in [0.5, 0.6) is 0 Å². The second-order valence-electron chi connectivity index (χ2n) is 7.34. The maximum atomic E-state index is 5.93. The normalized spacial score (nSPS) is 33.9. The predicted molar refractivity (Wildman–Crippen MR) is 82.9 cm³/mol. The minimum absolute atomic E-state index is 0.517. The molecule has 3 fully saturated rings. The third kappa shape index (κ3) is 2.77. The van der Waals surface area contributed by atoms with Crippen molar-refractivity contribution in [2.45, 2.75) is 64.5 Å². The van der Waals surface area contributed by atoms with Crippen molar-refractivity contribution in [3.05, 3.63) is 0 Å². The van der Waals surface area contributed by atoms with Gasteiger partial charge in [-0.2, -0.15) is 0 Å². The number of rotatable bonds is 7. The Morgan fingerprint density at radius 2 is 2.00 bits per heavy atom. The molecule has 20 heavy (non-hydrogen) atoms. The van der Waals surface area contributed by atoms with Crippen LogP contribution in [0.25, 0.3) is 0 Å². The molecule has 1 spiro atoms. The highest BCUT2D eigenvalue weighted by molar-refractivity contribution is 5.12. The molecule has 2 aliphatic carbocycles. The van der Waals surface area contributed by atoms with Crippen molar-refractivity contribution in [2.24, 2.45) is 11.3 Å². The third-order valence-corrected chi connectivity index (χ3v) is 5.92. The van der Waals surface area contributed by atoms with Crippen LogP contribution in [-0.2, 0) is 4.74 Å². The first-order valence-electron chi connectivity index (χ1n) is 8.82. The number of likely N-dealkylation sites (tertiary alicyclic amines) is 1. The summed E-state index contributed by atoms with van der Waals surface area (Å²) in [5.74, 6) is 0.774. The summed E-state index contributed by atoms with van der Waals surface area (Å²) in [6.07, 6.45) is 8.78. The van der Waals surface area contributed by atoms with E-state index in [2.05, 4.69) is 24.1 Å². The van der Waals surface area contributed by atoms with Gasteiger partial charge in [0, 0.05) is 24.6 Å². The highest BCUT2D eigenvalue weighted by Crippen LogP contribution is 2.57. The van der Waals surface area contributed by atoms with Crippen molar-refractivity contribution >= 4 is 0 Å². The molecule has 0 aromatic rings. The molecule has 3 aliphatic rings. The summed E-state index contributed by atoms with van der Waals surface area (Å²) in [5, 5.41) is 3.87. The highest BCUT2D eigenvalue weighted by atomic mass is 16.5. The molecule has 0 radical (unpaired) electrons. The summed E-state index contributed by atoms with van der Waals surface area (Å²) in [7, 11) is 0. The van der Waals surface area contributed by atoms with Crippen LogP contribution in [0.1, 0.15) is 52.4 Å². The van der Waals surface area contributed by atoms with Crippen LogP contribution in [0.3, 0.4) is 0 Å². The SMILES string of the molecule is CCOC1CC(NCC(C)CN2CCCC2)C12CCC2. The van der Waals surface area contributed by atoms with Crippen molar-refractivity contribution in [1.82, 2.24) is 10.2 Å². The summed E-state index contributed by atoms with van der Waals surface area (Å²) in [6.45, 7) is 10.5. The zero-order chi connectivity index (χ0) is 14.0. The van der Waals surface area contributed by atoms with E-state index in [0.29, 0.717) is 11.5 Å². The molecule has 3 rings (SSSR count). The molecule has 0 aromatic carbocycles. The molecular weight excluding hydrogens is 248 g/mol. The van der Waals surface area contributed by atoms with Crippen LogP contribution in [-0.4, -0.2) is 49.8 Å². The highest BCUT2D eigenvalue weighted by Gasteiger charge is 2.58. The maximum Gasteiger partial charge on any atom is 0.0661 e. The summed E-state index contributed by atoms with van der Waals surface area (Å²) in [6, 6.07) is 0.730. The van der Waals surface area contributed by atoms with Gasteiger partial charge in [0.1, 0.15) is 0 Å². The molecule has 3 heteroatoms. The summed E-state index contributed by atoms with van der Waals surface area (Å²) in [5.41, 5.74) is 0.517. The molecule has 2 saturated carbocycles. The summed E-state index contributed by atoms with van der Waals surface area (Å²) >= 11 is 0. The average molecular weight is 280 g/mol. The zero-order valence-electron chi connectivity index (χ0n) is 13.4. The molecule has 1 heterocycles. The van der Waals surface area contributed by atoms with Gasteiger partial charge in [0.05, 0.1) is 6.10 Å². The van der Waals surface area contributed by atoms with Gasteiger partial charge in [-0.25, -0.2) is 0 Å². The topological polar surface area (TPSA) is 24.5 Å². The Morgan fingerprint density at radius 1 is 1.25 bits per heavy atom. The Balaban J connectivity index is 1.40. The van der Waals surface area contributed by atoms with E-state index in [4.69, 9.17) is 4.74 Å². The zero-order valence-corrected chi connectivity index (χ0v) is 13.4. The van der Waals surface area contributed by atoms with Gasteiger partial charge >= 0.3 is 0 Å². The smallest absolute Gasteiger partial charge is 0.0661 e. The fourth-order valence-electron chi connectivity index (χ4n) is 4.54. The minimum atomic E-state index is 0.517. The van der Waals surface area contributed by atoms with Crippen molar-refractivity contribution in [3.63, 3.8) is 0 Å². The first-order chi connectivity index (χ1) is 9.74. The standard InChI is InChI=1S/C17H32N2O/c1-3-20-16-11-15(17(16)7-6-8-17)18-12-14(2)13-19-9-4-5-10-19/h14-16,18H,3-13H2,1-2H3. The second-order valence-corrected chi connectivity index (χ2v) is 7.34. The van der Waals surface area contributed by atoms with E-state index in [1.54, 1.807) is 0 Å². The van der Waals surface area contributed by atoms with Crippen LogP contribution in [0.15, 0.2) is 0 Å². The number of ether oxygens (including phenoxy) is 1. The average Bonchev–Trinajstić information content (AvgIpc) is 2.83. The van der Waals surface area contributed by atoms with E-state index < -0.39 is 0 Å². The Labute approximate surface area is 124 Å². The Kier molecular flexibility index (Phi) is 4.68.